The van der Waals surface area contributed by atoms with Crippen LogP contribution in [0.1, 0.15) is 30.0 Å². The van der Waals surface area contributed by atoms with Crippen LogP contribution in [0.3, 0.4) is 0 Å². The monoisotopic (exact) mass is 214 g/mol. The van der Waals surface area contributed by atoms with Crippen LogP contribution < -0.4 is 0 Å². The van der Waals surface area contributed by atoms with Gasteiger partial charge in [0, 0.05) is 6.42 Å². The normalized spacial score (nSPS) is 18.2. The van der Waals surface area contributed by atoms with Crippen molar-refractivity contribution >= 4 is 5.78 Å². The summed E-state index contributed by atoms with van der Waals surface area (Å²) in [7, 11) is 0. The number of allylic oxidation sites excluding steroid dienone is 1. The van der Waals surface area contributed by atoms with Crippen molar-refractivity contribution in [1.82, 2.24) is 0 Å². The number of carbonyl (C=O) groups excluding carboxylic acids is 1. The second-order valence-corrected chi connectivity index (χ2v) is 4.79. The number of hydrogen-bond acceptors (Lipinski definition) is 1. The number of carbonyl (C=O) groups is 1. The smallest absolute Gasteiger partial charge is 0.155 e. The molecular weight excluding hydrogens is 196 g/mol. The quantitative estimate of drug-likeness (QED) is 0.704. The van der Waals surface area contributed by atoms with Crippen LogP contribution >= 0.6 is 0 Å². The lowest BCUT2D eigenvalue weighted by atomic mass is 10.0. The highest BCUT2D eigenvalue weighted by atomic mass is 16.1. The van der Waals surface area contributed by atoms with Crippen molar-refractivity contribution in [1.29, 1.82) is 0 Å². The minimum atomic E-state index is 0.133. The van der Waals surface area contributed by atoms with Crippen LogP contribution in [0.5, 0.6) is 0 Å². The molecule has 0 N–H and O–H groups in total. The molecule has 0 aromatic heterocycles. The van der Waals surface area contributed by atoms with Gasteiger partial charge in [0.2, 0.25) is 0 Å². The van der Waals surface area contributed by atoms with E-state index in [0.717, 1.165) is 12.3 Å². The van der Waals surface area contributed by atoms with Crippen LogP contribution in [-0.4, -0.2) is 5.78 Å². The van der Waals surface area contributed by atoms with Crippen molar-refractivity contribution < 1.29 is 4.79 Å². The Morgan fingerprint density at radius 3 is 2.94 bits per heavy atom. The van der Waals surface area contributed by atoms with E-state index in [0.29, 0.717) is 6.42 Å². The van der Waals surface area contributed by atoms with Gasteiger partial charge in [-0.1, -0.05) is 31.7 Å². The first-order chi connectivity index (χ1) is 7.69. The van der Waals surface area contributed by atoms with Crippen LogP contribution in [0, 0.1) is 5.92 Å². The Hall–Kier alpha value is -1.37. The molecule has 1 heteroatoms. The van der Waals surface area contributed by atoms with Crippen molar-refractivity contribution in [2.45, 2.75) is 32.6 Å². The van der Waals surface area contributed by atoms with Gasteiger partial charge in [0.1, 0.15) is 0 Å². The van der Waals surface area contributed by atoms with Gasteiger partial charge in [-0.05, 0) is 47.9 Å². The Bertz CT molecular complexity index is 417. The van der Waals surface area contributed by atoms with Gasteiger partial charge in [0.05, 0.1) is 0 Å². The van der Waals surface area contributed by atoms with Gasteiger partial charge in [-0.2, -0.15) is 0 Å². The van der Waals surface area contributed by atoms with Crippen molar-refractivity contribution in [2.24, 2.45) is 5.92 Å². The Kier molecular flexibility index (Phi) is 3.23. The molecule has 16 heavy (non-hydrogen) atoms. The number of aryl methyl sites for hydroxylation is 1. The molecule has 84 valence electrons. The third-order valence-corrected chi connectivity index (χ3v) is 3.30. The van der Waals surface area contributed by atoms with Gasteiger partial charge in [0.25, 0.3) is 0 Å². The molecule has 1 nitrogen and oxygen atoms in total. The molecule has 0 saturated carbocycles. The summed E-state index contributed by atoms with van der Waals surface area (Å²) in [6.45, 7) is 5.78. The molecule has 1 aliphatic carbocycles. The summed E-state index contributed by atoms with van der Waals surface area (Å²) in [5, 5.41) is 0. The molecule has 0 fully saturated rings. The minimum absolute atomic E-state index is 0.133. The average molecular weight is 214 g/mol. The van der Waals surface area contributed by atoms with Crippen LogP contribution in [0.25, 0.3) is 0 Å². The maximum Gasteiger partial charge on any atom is 0.155 e. The predicted molar refractivity (Wildman–Crippen MR) is 66.5 cm³/mol. The largest absolute Gasteiger partial charge is 0.295 e. The van der Waals surface area contributed by atoms with Gasteiger partial charge in [-0.25, -0.2) is 0 Å². The standard InChI is InChI=1S/C15H18O/c1-3-15(16)7-5-12-4-6-13-8-11(2)9-14(13)10-12/h3-4,6,10-11H,1,5,7-9H2,2H3. The molecule has 0 saturated heterocycles. The molecule has 0 bridgehead atoms. The molecule has 0 heterocycles. The maximum atomic E-state index is 11.2. The minimum Gasteiger partial charge on any atom is -0.295 e. The van der Waals surface area contributed by atoms with E-state index < -0.39 is 0 Å². The van der Waals surface area contributed by atoms with E-state index >= 15 is 0 Å². The topological polar surface area (TPSA) is 17.1 Å². The molecule has 1 atom stereocenters. The van der Waals surface area contributed by atoms with Gasteiger partial charge < -0.3 is 0 Å². The van der Waals surface area contributed by atoms with Crippen molar-refractivity contribution in [3.8, 4) is 0 Å². The van der Waals surface area contributed by atoms with Crippen LogP contribution in [0.15, 0.2) is 30.9 Å². The molecule has 1 aromatic rings. The van der Waals surface area contributed by atoms with E-state index in [9.17, 15) is 4.79 Å². The van der Waals surface area contributed by atoms with Gasteiger partial charge in [0.15, 0.2) is 5.78 Å². The third-order valence-electron chi connectivity index (χ3n) is 3.30. The Morgan fingerprint density at radius 2 is 2.19 bits per heavy atom. The molecule has 1 aromatic carbocycles. The van der Waals surface area contributed by atoms with Crippen LogP contribution in [0.4, 0.5) is 0 Å². The zero-order chi connectivity index (χ0) is 11.5. The van der Waals surface area contributed by atoms with Crippen LogP contribution in [0.2, 0.25) is 0 Å². The van der Waals surface area contributed by atoms with E-state index in [1.54, 1.807) is 0 Å². The highest BCUT2D eigenvalue weighted by Crippen LogP contribution is 2.27. The van der Waals surface area contributed by atoms with Crippen molar-refractivity contribution in [3.05, 3.63) is 47.5 Å². The van der Waals surface area contributed by atoms with E-state index in [1.165, 1.54) is 35.6 Å². The lowest BCUT2D eigenvalue weighted by molar-refractivity contribution is -0.114. The lowest BCUT2D eigenvalue weighted by Crippen LogP contribution is -1.96. The predicted octanol–water partition coefficient (Wildman–Crippen LogP) is 3.11. The molecule has 2 rings (SSSR count). The number of benzene rings is 1. The fourth-order valence-electron chi connectivity index (χ4n) is 2.42. The summed E-state index contributed by atoms with van der Waals surface area (Å²) in [5.41, 5.74) is 4.25. The van der Waals surface area contributed by atoms with Gasteiger partial charge in [-0.15, -0.1) is 0 Å². The number of hydrogen-bond donors (Lipinski definition) is 0. The Labute approximate surface area is 97.2 Å². The second-order valence-electron chi connectivity index (χ2n) is 4.79. The van der Waals surface area contributed by atoms with Crippen molar-refractivity contribution in [3.63, 3.8) is 0 Å². The van der Waals surface area contributed by atoms with Gasteiger partial charge in [-0.3, -0.25) is 4.79 Å². The van der Waals surface area contributed by atoms with Crippen molar-refractivity contribution in [2.75, 3.05) is 0 Å². The van der Waals surface area contributed by atoms with Crippen LogP contribution in [-0.2, 0) is 24.1 Å². The summed E-state index contributed by atoms with van der Waals surface area (Å²) in [5.74, 6) is 0.911. The number of ketones is 1. The van der Waals surface area contributed by atoms with E-state index in [1.807, 2.05) is 0 Å². The molecule has 0 aliphatic heterocycles. The number of fused-ring (bicyclic) bond motifs is 1. The summed E-state index contributed by atoms with van der Waals surface area (Å²) < 4.78 is 0. The Morgan fingerprint density at radius 1 is 1.44 bits per heavy atom. The number of rotatable bonds is 4. The third kappa shape index (κ3) is 2.41. The first-order valence-corrected chi connectivity index (χ1v) is 5.95. The fourth-order valence-corrected chi connectivity index (χ4v) is 2.42. The summed E-state index contributed by atoms with van der Waals surface area (Å²) >= 11 is 0. The zero-order valence-electron chi connectivity index (χ0n) is 9.83. The zero-order valence-corrected chi connectivity index (χ0v) is 9.83. The summed E-state index contributed by atoms with van der Waals surface area (Å²) in [4.78, 5) is 11.2. The highest BCUT2D eigenvalue weighted by molar-refractivity contribution is 5.89. The SMILES string of the molecule is C=CC(=O)CCc1ccc2c(c1)CC(C)C2. The fraction of sp³-hybridized carbons (Fsp3) is 0.400. The van der Waals surface area contributed by atoms with E-state index in [2.05, 4.69) is 31.7 Å². The lowest BCUT2D eigenvalue weighted by Gasteiger charge is -2.03. The molecule has 1 unspecified atom stereocenters. The molecule has 0 radical (unpaired) electrons. The summed E-state index contributed by atoms with van der Waals surface area (Å²) in [6.07, 6.45) is 5.24. The van der Waals surface area contributed by atoms with E-state index in [4.69, 9.17) is 0 Å². The average Bonchev–Trinajstić information content (AvgIpc) is 2.65. The second kappa shape index (κ2) is 4.65. The molecule has 0 amide bonds. The highest BCUT2D eigenvalue weighted by Gasteiger charge is 2.17. The first kappa shape index (κ1) is 11.1. The molecule has 0 spiro atoms. The molecular formula is C15H18O. The first-order valence-electron chi connectivity index (χ1n) is 5.95. The Balaban J connectivity index is 2.05. The van der Waals surface area contributed by atoms with E-state index in [-0.39, 0.29) is 5.78 Å². The van der Waals surface area contributed by atoms with Gasteiger partial charge >= 0.3 is 0 Å². The summed E-state index contributed by atoms with van der Waals surface area (Å²) in [6, 6.07) is 6.66. The maximum absolute atomic E-state index is 11.2. The molecule has 1 aliphatic rings.